The van der Waals surface area contributed by atoms with E-state index >= 15 is 0 Å². The highest BCUT2D eigenvalue weighted by molar-refractivity contribution is 5.85. The molecule has 6 nitrogen and oxygen atoms in total. The maximum absolute atomic E-state index is 5.56. The third kappa shape index (κ3) is 3.18. The topological polar surface area (TPSA) is 55.3 Å². The van der Waals surface area contributed by atoms with E-state index in [1.54, 1.807) is 6.26 Å². The van der Waals surface area contributed by atoms with Gasteiger partial charge in [0.25, 0.3) is 0 Å². The van der Waals surface area contributed by atoms with E-state index in [2.05, 4.69) is 34.1 Å². The van der Waals surface area contributed by atoms with Crippen LogP contribution in [0.3, 0.4) is 0 Å². The number of rotatable bonds is 4. The van der Waals surface area contributed by atoms with Crippen molar-refractivity contribution in [3.8, 4) is 11.5 Å². The van der Waals surface area contributed by atoms with Crippen molar-refractivity contribution in [1.82, 2.24) is 9.38 Å². The molecule has 4 aromatic rings. The van der Waals surface area contributed by atoms with Crippen LogP contribution in [-0.2, 0) is 4.74 Å². The van der Waals surface area contributed by atoms with Crippen molar-refractivity contribution >= 4 is 23.4 Å². The van der Waals surface area contributed by atoms with Gasteiger partial charge < -0.3 is 14.1 Å². The fourth-order valence-electron chi connectivity index (χ4n) is 3.41. The summed E-state index contributed by atoms with van der Waals surface area (Å²) in [6.07, 6.45) is 5.48. The van der Waals surface area contributed by atoms with E-state index in [-0.39, 0.29) is 0 Å². The maximum Gasteiger partial charge on any atom is 0.168 e. The van der Waals surface area contributed by atoms with E-state index in [0.29, 0.717) is 5.76 Å². The highest BCUT2D eigenvalue weighted by Crippen LogP contribution is 2.31. The molecule has 0 bridgehead atoms. The summed E-state index contributed by atoms with van der Waals surface area (Å²) in [6, 6.07) is 18.1. The number of pyridine rings is 1. The molecule has 0 atom stereocenters. The first kappa shape index (κ1) is 16.8. The molecular formula is C22H20N4O2. The van der Waals surface area contributed by atoms with Gasteiger partial charge in [0.15, 0.2) is 17.3 Å². The predicted molar refractivity (Wildman–Crippen MR) is 110 cm³/mol. The molecule has 0 amide bonds. The number of aliphatic imine (C=N–C) groups is 1. The Labute approximate surface area is 162 Å². The number of morpholine rings is 1. The molecule has 0 saturated carbocycles. The summed E-state index contributed by atoms with van der Waals surface area (Å²) in [7, 11) is 0. The average Bonchev–Trinajstić information content (AvgIpc) is 3.41. The van der Waals surface area contributed by atoms with Gasteiger partial charge in [-0.15, -0.1) is 0 Å². The van der Waals surface area contributed by atoms with Crippen LogP contribution in [0.5, 0.6) is 0 Å². The molecule has 0 N–H and O–H groups in total. The Morgan fingerprint density at radius 2 is 1.82 bits per heavy atom. The minimum Gasteiger partial charge on any atom is -0.463 e. The van der Waals surface area contributed by atoms with Crippen LogP contribution in [-0.4, -0.2) is 41.9 Å². The van der Waals surface area contributed by atoms with Gasteiger partial charge in [0.1, 0.15) is 5.65 Å². The van der Waals surface area contributed by atoms with Gasteiger partial charge >= 0.3 is 0 Å². The summed E-state index contributed by atoms with van der Waals surface area (Å²) < 4.78 is 13.0. The summed E-state index contributed by atoms with van der Waals surface area (Å²) in [5.41, 5.74) is 3.82. The van der Waals surface area contributed by atoms with Crippen molar-refractivity contribution in [2.75, 3.05) is 31.2 Å². The van der Waals surface area contributed by atoms with Gasteiger partial charge in [-0.1, -0.05) is 18.2 Å². The molecule has 0 aliphatic carbocycles. The van der Waals surface area contributed by atoms with Crippen molar-refractivity contribution in [2.45, 2.75) is 0 Å². The first-order valence-corrected chi connectivity index (χ1v) is 9.36. The first-order chi connectivity index (χ1) is 13.9. The van der Waals surface area contributed by atoms with Crippen LogP contribution in [0.1, 0.15) is 5.56 Å². The predicted octanol–water partition coefficient (Wildman–Crippen LogP) is 4.18. The van der Waals surface area contributed by atoms with E-state index < -0.39 is 0 Å². The van der Waals surface area contributed by atoms with E-state index in [1.165, 1.54) is 5.69 Å². The molecule has 1 saturated heterocycles. The van der Waals surface area contributed by atoms with E-state index in [4.69, 9.17) is 14.1 Å². The molecule has 1 fully saturated rings. The lowest BCUT2D eigenvalue weighted by Gasteiger charge is -2.28. The van der Waals surface area contributed by atoms with Gasteiger partial charge in [0.2, 0.25) is 0 Å². The van der Waals surface area contributed by atoms with E-state index in [0.717, 1.165) is 49.0 Å². The lowest BCUT2D eigenvalue weighted by Crippen LogP contribution is -2.36. The van der Waals surface area contributed by atoms with Gasteiger partial charge in [-0.25, -0.2) is 9.98 Å². The molecule has 1 aliphatic heterocycles. The third-order valence-corrected chi connectivity index (χ3v) is 4.86. The first-order valence-electron chi connectivity index (χ1n) is 9.36. The zero-order chi connectivity index (χ0) is 18.8. The highest BCUT2D eigenvalue weighted by atomic mass is 16.5. The van der Waals surface area contributed by atoms with Crippen LogP contribution in [0.15, 0.2) is 76.5 Å². The lowest BCUT2D eigenvalue weighted by atomic mass is 10.2. The minimum absolute atomic E-state index is 0.707. The molecule has 3 aromatic heterocycles. The van der Waals surface area contributed by atoms with Gasteiger partial charge in [0.05, 0.1) is 19.5 Å². The van der Waals surface area contributed by atoms with E-state index in [1.807, 2.05) is 47.1 Å². The van der Waals surface area contributed by atoms with Crippen LogP contribution < -0.4 is 4.90 Å². The second kappa shape index (κ2) is 7.32. The second-order valence-electron chi connectivity index (χ2n) is 6.64. The molecule has 0 radical (unpaired) electrons. The van der Waals surface area contributed by atoms with Crippen LogP contribution >= 0.6 is 0 Å². The number of nitrogens with zero attached hydrogens (tertiary/aromatic N) is 4. The van der Waals surface area contributed by atoms with Crippen molar-refractivity contribution in [3.63, 3.8) is 0 Å². The number of benzene rings is 1. The quantitative estimate of drug-likeness (QED) is 0.504. The van der Waals surface area contributed by atoms with E-state index in [9.17, 15) is 0 Å². The Morgan fingerprint density at radius 1 is 0.964 bits per heavy atom. The lowest BCUT2D eigenvalue weighted by molar-refractivity contribution is 0.122. The zero-order valence-corrected chi connectivity index (χ0v) is 15.4. The maximum atomic E-state index is 5.56. The third-order valence-electron chi connectivity index (χ3n) is 4.86. The van der Waals surface area contributed by atoms with Crippen LogP contribution in [0.4, 0.5) is 11.5 Å². The van der Waals surface area contributed by atoms with Crippen molar-refractivity contribution in [2.24, 2.45) is 4.99 Å². The SMILES string of the molecule is C(=N\c1c(-c2ccco2)nc2ccccn12)/c1ccc(N2CCOCC2)cc1. The molecule has 0 unspecified atom stereocenters. The molecule has 140 valence electrons. The summed E-state index contributed by atoms with van der Waals surface area (Å²) in [5.74, 6) is 1.46. The number of hydrogen-bond acceptors (Lipinski definition) is 5. The summed E-state index contributed by atoms with van der Waals surface area (Å²) in [4.78, 5) is 11.8. The highest BCUT2D eigenvalue weighted by Gasteiger charge is 2.15. The van der Waals surface area contributed by atoms with Crippen molar-refractivity contribution < 1.29 is 9.15 Å². The van der Waals surface area contributed by atoms with Gasteiger partial charge in [-0.3, -0.25) is 4.40 Å². The Bertz CT molecular complexity index is 1090. The van der Waals surface area contributed by atoms with Gasteiger partial charge in [-0.2, -0.15) is 0 Å². The number of fused-ring (bicyclic) bond motifs is 1. The summed E-state index contributed by atoms with van der Waals surface area (Å²) >= 11 is 0. The molecule has 4 heterocycles. The molecule has 0 spiro atoms. The summed E-state index contributed by atoms with van der Waals surface area (Å²) in [5, 5.41) is 0. The Hall–Kier alpha value is -3.38. The fraction of sp³-hybridized carbons (Fsp3) is 0.182. The molecule has 1 aromatic carbocycles. The molecule has 6 heteroatoms. The molecule has 28 heavy (non-hydrogen) atoms. The fourth-order valence-corrected chi connectivity index (χ4v) is 3.41. The normalized spacial score (nSPS) is 14.9. The van der Waals surface area contributed by atoms with Crippen LogP contribution in [0.25, 0.3) is 17.1 Å². The number of imidazole rings is 1. The minimum atomic E-state index is 0.707. The molecule has 5 rings (SSSR count). The van der Waals surface area contributed by atoms with Crippen LogP contribution in [0.2, 0.25) is 0 Å². The second-order valence-corrected chi connectivity index (χ2v) is 6.64. The Balaban J connectivity index is 1.46. The number of ether oxygens (including phenoxy) is 1. The monoisotopic (exact) mass is 372 g/mol. The van der Waals surface area contributed by atoms with Gasteiger partial charge in [-0.05, 0) is 42.0 Å². The van der Waals surface area contributed by atoms with Crippen LogP contribution in [0, 0.1) is 0 Å². The van der Waals surface area contributed by atoms with Gasteiger partial charge in [0, 0.05) is 31.2 Å². The smallest absolute Gasteiger partial charge is 0.168 e. The Morgan fingerprint density at radius 3 is 2.61 bits per heavy atom. The number of aromatic nitrogens is 2. The van der Waals surface area contributed by atoms with Crippen molar-refractivity contribution in [1.29, 1.82) is 0 Å². The standard InChI is InChI=1S/C22H20N4O2/c1-2-10-26-20(5-1)24-21(19-4-3-13-28-19)22(26)23-16-17-6-8-18(9-7-17)25-11-14-27-15-12-25/h1-10,13,16H,11-12,14-15H2/b23-16+. The van der Waals surface area contributed by atoms with Crippen molar-refractivity contribution in [3.05, 3.63) is 72.6 Å². The zero-order valence-electron chi connectivity index (χ0n) is 15.4. The summed E-state index contributed by atoms with van der Waals surface area (Å²) in [6.45, 7) is 3.43. The largest absolute Gasteiger partial charge is 0.463 e. The number of anilines is 1. The average molecular weight is 372 g/mol. The number of furan rings is 1. The Kier molecular flexibility index (Phi) is 4.39. The molecule has 1 aliphatic rings. The number of hydrogen-bond donors (Lipinski definition) is 0. The molecular weight excluding hydrogens is 352 g/mol.